The molecule has 1 aliphatic rings. The van der Waals surface area contributed by atoms with Gasteiger partial charge in [-0.1, -0.05) is 31.2 Å². The molecule has 1 N–H and O–H groups in total. The summed E-state index contributed by atoms with van der Waals surface area (Å²) in [5.74, 6) is 0.934. The lowest BCUT2D eigenvalue weighted by molar-refractivity contribution is 0.00997. The third-order valence-electron chi connectivity index (χ3n) is 3.61. The van der Waals surface area contributed by atoms with Crippen LogP contribution in [-0.4, -0.2) is 13.2 Å². The number of likely N-dealkylation sites (N-methyl/N-ethyl adjacent to an activating group) is 1. The molecular weight excluding hydrogens is 238 g/mol. The van der Waals surface area contributed by atoms with Crippen LogP contribution in [0.1, 0.15) is 36.0 Å². The van der Waals surface area contributed by atoms with Gasteiger partial charge in [0.05, 0.1) is 18.9 Å². The number of hydrogen-bond acceptors (Lipinski definition) is 3. The molecule has 100 valence electrons. The molecule has 0 aliphatic carbocycles. The molecule has 3 nitrogen and oxygen atoms in total. The molecule has 2 atom stereocenters. The van der Waals surface area contributed by atoms with E-state index in [-0.39, 0.29) is 12.1 Å². The zero-order chi connectivity index (χ0) is 13.1. The minimum absolute atomic E-state index is 0.0241. The van der Waals surface area contributed by atoms with Crippen molar-refractivity contribution in [2.45, 2.75) is 25.5 Å². The van der Waals surface area contributed by atoms with Crippen LogP contribution in [-0.2, 0) is 11.2 Å². The average Bonchev–Trinajstić information content (AvgIpc) is 2.98. The SMILES string of the molecule is CCNC(c1ccco1)C1OCCc2ccccc21. The van der Waals surface area contributed by atoms with E-state index < -0.39 is 0 Å². The van der Waals surface area contributed by atoms with Crippen LogP contribution in [0.15, 0.2) is 47.1 Å². The lowest BCUT2D eigenvalue weighted by Gasteiger charge is -2.32. The Morgan fingerprint density at radius 3 is 2.95 bits per heavy atom. The lowest BCUT2D eigenvalue weighted by Crippen LogP contribution is -2.31. The van der Waals surface area contributed by atoms with E-state index in [1.165, 1.54) is 11.1 Å². The summed E-state index contributed by atoms with van der Waals surface area (Å²) in [5.41, 5.74) is 2.66. The van der Waals surface area contributed by atoms with Gasteiger partial charge in [0.25, 0.3) is 0 Å². The number of fused-ring (bicyclic) bond motifs is 1. The second kappa shape index (κ2) is 5.59. The van der Waals surface area contributed by atoms with Crippen LogP contribution in [0.4, 0.5) is 0 Å². The third kappa shape index (κ3) is 2.44. The molecule has 1 aromatic carbocycles. The molecule has 1 aliphatic heterocycles. The first-order chi connectivity index (χ1) is 9.40. The van der Waals surface area contributed by atoms with Gasteiger partial charge in [-0.15, -0.1) is 0 Å². The van der Waals surface area contributed by atoms with Crippen molar-refractivity contribution in [2.24, 2.45) is 0 Å². The summed E-state index contributed by atoms with van der Waals surface area (Å²) in [7, 11) is 0. The van der Waals surface area contributed by atoms with Gasteiger partial charge in [-0.3, -0.25) is 0 Å². The summed E-state index contributed by atoms with van der Waals surface area (Å²) in [6.45, 7) is 3.75. The smallest absolute Gasteiger partial charge is 0.123 e. The largest absolute Gasteiger partial charge is 0.468 e. The molecule has 0 amide bonds. The highest BCUT2D eigenvalue weighted by Crippen LogP contribution is 2.36. The van der Waals surface area contributed by atoms with Gasteiger partial charge in [-0.2, -0.15) is 0 Å². The van der Waals surface area contributed by atoms with Crippen LogP contribution in [0.5, 0.6) is 0 Å². The van der Waals surface area contributed by atoms with E-state index in [2.05, 4.69) is 36.5 Å². The summed E-state index contributed by atoms with van der Waals surface area (Å²) in [6.07, 6.45) is 2.73. The van der Waals surface area contributed by atoms with E-state index in [1.54, 1.807) is 6.26 Å². The van der Waals surface area contributed by atoms with Gasteiger partial charge >= 0.3 is 0 Å². The second-order valence-electron chi connectivity index (χ2n) is 4.79. The van der Waals surface area contributed by atoms with E-state index in [9.17, 15) is 0 Å². The Bertz CT molecular complexity index is 521. The fourth-order valence-corrected chi connectivity index (χ4v) is 2.75. The number of rotatable bonds is 4. The second-order valence-corrected chi connectivity index (χ2v) is 4.79. The van der Waals surface area contributed by atoms with Crippen molar-refractivity contribution in [2.75, 3.05) is 13.2 Å². The zero-order valence-electron chi connectivity index (χ0n) is 11.1. The fraction of sp³-hybridized carbons (Fsp3) is 0.375. The van der Waals surface area contributed by atoms with E-state index >= 15 is 0 Å². The van der Waals surface area contributed by atoms with E-state index in [0.29, 0.717) is 0 Å². The van der Waals surface area contributed by atoms with Crippen molar-refractivity contribution in [3.05, 3.63) is 59.5 Å². The van der Waals surface area contributed by atoms with Crippen LogP contribution < -0.4 is 5.32 Å². The first-order valence-electron chi connectivity index (χ1n) is 6.86. The molecule has 3 rings (SSSR count). The molecule has 0 fully saturated rings. The molecule has 19 heavy (non-hydrogen) atoms. The maximum Gasteiger partial charge on any atom is 0.123 e. The van der Waals surface area contributed by atoms with Crippen molar-refractivity contribution in [1.29, 1.82) is 0 Å². The van der Waals surface area contributed by atoms with Crippen LogP contribution in [0.3, 0.4) is 0 Å². The maximum atomic E-state index is 6.02. The highest BCUT2D eigenvalue weighted by atomic mass is 16.5. The Kier molecular flexibility index (Phi) is 3.67. The van der Waals surface area contributed by atoms with Gasteiger partial charge in [-0.05, 0) is 36.2 Å². The molecule has 0 bridgehead atoms. The highest BCUT2D eigenvalue weighted by Gasteiger charge is 2.30. The van der Waals surface area contributed by atoms with Crippen LogP contribution in [0.2, 0.25) is 0 Å². The quantitative estimate of drug-likeness (QED) is 0.913. The average molecular weight is 257 g/mol. The third-order valence-corrected chi connectivity index (χ3v) is 3.61. The Hall–Kier alpha value is -1.58. The molecular formula is C16H19NO2. The van der Waals surface area contributed by atoms with Crippen LogP contribution in [0, 0.1) is 0 Å². The predicted molar refractivity (Wildman–Crippen MR) is 74.0 cm³/mol. The van der Waals surface area contributed by atoms with E-state index in [0.717, 1.165) is 25.3 Å². The Morgan fingerprint density at radius 2 is 2.16 bits per heavy atom. The zero-order valence-corrected chi connectivity index (χ0v) is 11.1. The molecule has 2 aromatic rings. The first kappa shape index (κ1) is 12.5. The monoisotopic (exact) mass is 257 g/mol. The molecule has 0 saturated carbocycles. The Labute approximate surface area is 113 Å². The summed E-state index contributed by atoms with van der Waals surface area (Å²) in [6, 6.07) is 12.5. The van der Waals surface area contributed by atoms with Gasteiger partial charge in [0.15, 0.2) is 0 Å². The minimum atomic E-state index is 0.0241. The molecule has 2 heterocycles. The van der Waals surface area contributed by atoms with Crippen molar-refractivity contribution in [3.63, 3.8) is 0 Å². The highest BCUT2D eigenvalue weighted by molar-refractivity contribution is 5.33. The standard InChI is InChI=1S/C16H19NO2/c1-2-17-15(14-8-5-10-18-14)16-13-7-4-3-6-12(13)9-11-19-16/h3-8,10,15-17H,2,9,11H2,1H3. The van der Waals surface area contributed by atoms with Gasteiger partial charge in [0.2, 0.25) is 0 Å². The number of ether oxygens (including phenoxy) is 1. The van der Waals surface area contributed by atoms with Crippen molar-refractivity contribution < 1.29 is 9.15 Å². The minimum Gasteiger partial charge on any atom is -0.468 e. The molecule has 1 aromatic heterocycles. The molecule has 2 unspecified atom stereocenters. The molecule has 0 saturated heterocycles. The fourth-order valence-electron chi connectivity index (χ4n) is 2.75. The summed E-state index contributed by atoms with van der Waals surface area (Å²) in [5, 5.41) is 3.48. The van der Waals surface area contributed by atoms with Gasteiger partial charge in [-0.25, -0.2) is 0 Å². The van der Waals surface area contributed by atoms with Gasteiger partial charge in [0.1, 0.15) is 11.9 Å². The maximum absolute atomic E-state index is 6.02. The van der Waals surface area contributed by atoms with Gasteiger partial charge < -0.3 is 14.5 Å². The predicted octanol–water partition coefficient (Wildman–Crippen LogP) is 3.24. The topological polar surface area (TPSA) is 34.4 Å². The molecule has 3 heteroatoms. The van der Waals surface area contributed by atoms with Crippen molar-refractivity contribution in [1.82, 2.24) is 5.32 Å². The number of furan rings is 1. The molecule has 0 spiro atoms. The van der Waals surface area contributed by atoms with Crippen LogP contribution in [0.25, 0.3) is 0 Å². The Morgan fingerprint density at radius 1 is 1.26 bits per heavy atom. The number of nitrogens with one attached hydrogen (secondary N) is 1. The first-order valence-corrected chi connectivity index (χ1v) is 6.86. The van der Waals surface area contributed by atoms with Crippen LogP contribution >= 0.6 is 0 Å². The lowest BCUT2D eigenvalue weighted by atomic mass is 9.92. The Balaban J connectivity index is 1.96. The van der Waals surface area contributed by atoms with E-state index in [4.69, 9.17) is 9.15 Å². The number of benzene rings is 1. The van der Waals surface area contributed by atoms with Crippen molar-refractivity contribution in [3.8, 4) is 0 Å². The summed E-state index contributed by atoms with van der Waals surface area (Å²) in [4.78, 5) is 0. The summed E-state index contributed by atoms with van der Waals surface area (Å²) < 4.78 is 11.6. The van der Waals surface area contributed by atoms with Crippen molar-refractivity contribution >= 4 is 0 Å². The van der Waals surface area contributed by atoms with E-state index in [1.807, 2.05) is 12.1 Å². The van der Waals surface area contributed by atoms with Gasteiger partial charge in [0, 0.05) is 0 Å². The molecule has 0 radical (unpaired) electrons. The number of hydrogen-bond donors (Lipinski definition) is 1. The normalized spacial score (nSPS) is 19.9. The summed E-state index contributed by atoms with van der Waals surface area (Å²) >= 11 is 0.